The molecule has 0 aromatic heterocycles. The van der Waals surface area contributed by atoms with E-state index >= 15 is 0 Å². The Kier molecular flexibility index (Phi) is 7.68. The topological polar surface area (TPSA) is 92.3 Å². The first kappa shape index (κ1) is 27.8. The Morgan fingerprint density at radius 2 is 1.30 bits per heavy atom. The molecule has 6 rings (SSSR count). The number of halogens is 1. The molecular formula is C35H23FN2O4S. The van der Waals surface area contributed by atoms with Crippen LogP contribution >= 0.6 is 11.8 Å². The van der Waals surface area contributed by atoms with E-state index in [1.54, 1.807) is 60.7 Å². The number of amides is 2. The smallest absolute Gasteiger partial charge is 0.255 e. The molecule has 8 heteroatoms. The third kappa shape index (κ3) is 5.73. The van der Waals surface area contributed by atoms with Crippen molar-refractivity contribution in [1.29, 1.82) is 0 Å². The summed E-state index contributed by atoms with van der Waals surface area (Å²) in [6, 6.07) is 33.0. The van der Waals surface area contributed by atoms with E-state index in [0.29, 0.717) is 27.3 Å². The maximum Gasteiger partial charge on any atom is 0.255 e. The summed E-state index contributed by atoms with van der Waals surface area (Å²) in [5.74, 6) is -1.81. The van der Waals surface area contributed by atoms with Gasteiger partial charge in [-0.15, -0.1) is 11.8 Å². The molecule has 6 nitrogen and oxygen atoms in total. The lowest BCUT2D eigenvalue weighted by molar-refractivity contribution is -0.115. The lowest BCUT2D eigenvalue weighted by Gasteiger charge is -2.22. The highest BCUT2D eigenvalue weighted by atomic mass is 32.2. The zero-order chi connectivity index (χ0) is 29.9. The van der Waals surface area contributed by atoms with Gasteiger partial charge in [0.1, 0.15) is 11.1 Å². The Bertz CT molecular complexity index is 1890. The standard InChI is InChI=1S/C35H23FN2O4S/c36-23-18-16-22(17-19-23)34(41)37-24-10-6-11-25(20-24)43-33(21-8-2-1-3-9-21)35(42)38-29-15-7-14-28-30(29)32(40)27-13-5-4-12-26(27)31(28)39/h1-20,33H,(H,37,41)(H,38,42). The molecule has 210 valence electrons. The second-order valence-corrected chi connectivity index (χ2v) is 11.0. The van der Waals surface area contributed by atoms with Gasteiger partial charge in [0.2, 0.25) is 5.91 Å². The van der Waals surface area contributed by atoms with Crippen molar-refractivity contribution in [3.63, 3.8) is 0 Å². The van der Waals surface area contributed by atoms with Gasteiger partial charge in [-0.25, -0.2) is 4.39 Å². The molecule has 0 spiro atoms. The molecule has 0 bridgehead atoms. The van der Waals surface area contributed by atoms with E-state index in [0.717, 1.165) is 5.56 Å². The van der Waals surface area contributed by atoms with Crippen molar-refractivity contribution in [2.75, 3.05) is 10.6 Å². The van der Waals surface area contributed by atoms with Crippen LogP contribution in [-0.4, -0.2) is 23.4 Å². The van der Waals surface area contributed by atoms with E-state index in [1.165, 1.54) is 36.0 Å². The van der Waals surface area contributed by atoms with Crippen molar-refractivity contribution in [3.8, 4) is 0 Å². The van der Waals surface area contributed by atoms with E-state index in [2.05, 4.69) is 10.6 Å². The highest BCUT2D eigenvalue weighted by Gasteiger charge is 2.32. The van der Waals surface area contributed by atoms with Crippen molar-refractivity contribution in [1.82, 2.24) is 0 Å². The number of nitrogens with one attached hydrogen (secondary N) is 2. The summed E-state index contributed by atoms with van der Waals surface area (Å²) in [5.41, 5.74) is 2.86. The number of fused-ring (bicyclic) bond motifs is 2. The molecule has 0 aliphatic heterocycles. The molecule has 1 aliphatic rings. The molecule has 1 unspecified atom stereocenters. The highest BCUT2D eigenvalue weighted by Crippen LogP contribution is 2.38. The van der Waals surface area contributed by atoms with Crippen LogP contribution in [0.1, 0.15) is 53.0 Å². The van der Waals surface area contributed by atoms with Crippen LogP contribution in [0.15, 0.2) is 126 Å². The largest absolute Gasteiger partial charge is 0.324 e. The lowest BCUT2D eigenvalue weighted by atomic mass is 9.83. The molecule has 5 aromatic rings. The number of benzene rings is 5. The van der Waals surface area contributed by atoms with Crippen LogP contribution in [0.3, 0.4) is 0 Å². The molecule has 1 aliphatic carbocycles. The summed E-state index contributed by atoms with van der Waals surface area (Å²) in [5, 5.41) is 4.98. The Hall–Kier alpha value is -5.34. The maximum absolute atomic E-state index is 13.9. The van der Waals surface area contributed by atoms with E-state index in [9.17, 15) is 23.6 Å². The Balaban J connectivity index is 1.27. The fourth-order valence-corrected chi connectivity index (χ4v) is 6.02. The minimum atomic E-state index is -0.734. The van der Waals surface area contributed by atoms with Gasteiger partial charge in [0.05, 0.1) is 11.3 Å². The molecule has 2 amide bonds. The van der Waals surface area contributed by atoms with Crippen LogP contribution in [-0.2, 0) is 4.79 Å². The van der Waals surface area contributed by atoms with Gasteiger partial charge < -0.3 is 10.6 Å². The predicted octanol–water partition coefficient (Wildman–Crippen LogP) is 7.33. The summed E-state index contributed by atoms with van der Waals surface area (Å²) < 4.78 is 13.3. The maximum atomic E-state index is 13.9. The first-order chi connectivity index (χ1) is 20.9. The number of ketones is 2. The van der Waals surface area contributed by atoms with Gasteiger partial charge in [-0.1, -0.05) is 72.8 Å². The Morgan fingerprint density at radius 1 is 0.651 bits per heavy atom. The number of hydrogen-bond acceptors (Lipinski definition) is 5. The normalized spacial score (nSPS) is 12.6. The Morgan fingerprint density at radius 3 is 2.05 bits per heavy atom. The first-order valence-electron chi connectivity index (χ1n) is 13.4. The average molecular weight is 587 g/mol. The third-order valence-electron chi connectivity index (χ3n) is 7.00. The predicted molar refractivity (Wildman–Crippen MR) is 164 cm³/mol. The number of hydrogen-bond donors (Lipinski definition) is 2. The van der Waals surface area contributed by atoms with Crippen molar-refractivity contribution < 1.29 is 23.6 Å². The monoisotopic (exact) mass is 586 g/mol. The molecule has 0 heterocycles. The van der Waals surface area contributed by atoms with Crippen LogP contribution < -0.4 is 10.6 Å². The van der Waals surface area contributed by atoms with Crippen LogP contribution in [0.25, 0.3) is 0 Å². The van der Waals surface area contributed by atoms with Crippen LogP contribution in [0.4, 0.5) is 15.8 Å². The van der Waals surface area contributed by atoms with Crippen molar-refractivity contribution in [2.45, 2.75) is 10.1 Å². The zero-order valence-corrected chi connectivity index (χ0v) is 23.4. The number of thioether (sulfide) groups is 1. The molecular weight excluding hydrogens is 563 g/mol. The molecule has 43 heavy (non-hydrogen) atoms. The second kappa shape index (κ2) is 11.9. The molecule has 1 atom stereocenters. The fourth-order valence-electron chi connectivity index (χ4n) is 4.94. The summed E-state index contributed by atoms with van der Waals surface area (Å²) in [7, 11) is 0. The summed E-state index contributed by atoms with van der Waals surface area (Å²) in [6.45, 7) is 0. The van der Waals surface area contributed by atoms with E-state index in [4.69, 9.17) is 0 Å². The summed E-state index contributed by atoms with van der Waals surface area (Å²) >= 11 is 1.27. The van der Waals surface area contributed by atoms with Gasteiger partial charge in [0.15, 0.2) is 11.6 Å². The SMILES string of the molecule is O=C(Nc1cccc(SC(C(=O)Nc2cccc3c2C(=O)c2ccccc2C3=O)c2ccccc2)c1)c1ccc(F)cc1. The van der Waals surface area contributed by atoms with E-state index < -0.39 is 17.0 Å². The molecule has 0 fully saturated rings. The summed E-state index contributed by atoms with van der Waals surface area (Å²) in [4.78, 5) is 53.9. The van der Waals surface area contributed by atoms with Gasteiger partial charge in [-0.3, -0.25) is 19.2 Å². The molecule has 0 radical (unpaired) electrons. The number of rotatable bonds is 7. The summed E-state index contributed by atoms with van der Waals surface area (Å²) in [6.07, 6.45) is 0. The quantitative estimate of drug-likeness (QED) is 0.191. The van der Waals surface area contributed by atoms with Crippen LogP contribution in [0.2, 0.25) is 0 Å². The molecule has 2 N–H and O–H groups in total. The van der Waals surface area contributed by atoms with Gasteiger partial charge in [0.25, 0.3) is 5.91 Å². The molecule has 0 saturated heterocycles. The lowest BCUT2D eigenvalue weighted by Crippen LogP contribution is -2.25. The Labute approximate surface area is 251 Å². The van der Waals surface area contributed by atoms with E-state index in [-0.39, 0.29) is 34.3 Å². The van der Waals surface area contributed by atoms with Gasteiger partial charge >= 0.3 is 0 Å². The molecule has 0 saturated carbocycles. The second-order valence-electron chi connectivity index (χ2n) is 9.82. The van der Waals surface area contributed by atoms with Crippen LogP contribution in [0, 0.1) is 5.82 Å². The van der Waals surface area contributed by atoms with Crippen molar-refractivity contribution in [2.24, 2.45) is 0 Å². The van der Waals surface area contributed by atoms with Gasteiger partial charge in [-0.2, -0.15) is 0 Å². The van der Waals surface area contributed by atoms with Crippen molar-refractivity contribution in [3.05, 3.63) is 161 Å². The third-order valence-corrected chi connectivity index (χ3v) is 8.25. The van der Waals surface area contributed by atoms with Crippen LogP contribution in [0.5, 0.6) is 0 Å². The van der Waals surface area contributed by atoms with Gasteiger partial charge in [-0.05, 0) is 54.1 Å². The minimum Gasteiger partial charge on any atom is -0.324 e. The minimum absolute atomic E-state index is 0.168. The number of carbonyl (C=O) groups excluding carboxylic acids is 4. The van der Waals surface area contributed by atoms with Gasteiger partial charge in [0, 0.05) is 32.8 Å². The number of anilines is 2. The van der Waals surface area contributed by atoms with E-state index in [1.807, 2.05) is 36.4 Å². The average Bonchev–Trinajstić information content (AvgIpc) is 3.03. The number of carbonyl (C=O) groups is 4. The fraction of sp³-hybridized carbons (Fsp3) is 0.0286. The first-order valence-corrected chi connectivity index (χ1v) is 14.3. The van der Waals surface area contributed by atoms with Crippen molar-refractivity contribution >= 4 is 46.5 Å². The molecule has 5 aromatic carbocycles. The zero-order valence-electron chi connectivity index (χ0n) is 22.5. The highest BCUT2D eigenvalue weighted by molar-refractivity contribution is 8.00.